The van der Waals surface area contributed by atoms with Crippen LogP contribution in [0.3, 0.4) is 0 Å². The van der Waals surface area contributed by atoms with E-state index in [2.05, 4.69) is 4.99 Å². The number of alkyl halides is 3. The molecule has 126 valence electrons. The Balaban J connectivity index is 2.13. The van der Waals surface area contributed by atoms with Crippen molar-refractivity contribution in [3.63, 3.8) is 0 Å². The van der Waals surface area contributed by atoms with Crippen molar-refractivity contribution in [3.8, 4) is 16.9 Å². The molecular weight excluding hydrogens is 315 g/mol. The Kier molecular flexibility index (Phi) is 4.11. The summed E-state index contributed by atoms with van der Waals surface area (Å²) in [6.07, 6.45) is -3.59. The zero-order chi connectivity index (χ0) is 17.5. The van der Waals surface area contributed by atoms with E-state index in [1.807, 2.05) is 26.0 Å². The minimum Gasteiger partial charge on any atom is -0.496 e. The lowest BCUT2D eigenvalue weighted by molar-refractivity contribution is -0.137. The molecule has 0 unspecified atom stereocenters. The van der Waals surface area contributed by atoms with Gasteiger partial charge in [-0.15, -0.1) is 0 Å². The van der Waals surface area contributed by atoms with Gasteiger partial charge < -0.3 is 4.74 Å². The van der Waals surface area contributed by atoms with Crippen molar-refractivity contribution in [1.82, 2.24) is 0 Å². The molecule has 24 heavy (non-hydrogen) atoms. The number of fused-ring (bicyclic) bond motifs is 1. The van der Waals surface area contributed by atoms with E-state index in [4.69, 9.17) is 4.74 Å². The molecule has 0 fully saturated rings. The highest BCUT2D eigenvalue weighted by molar-refractivity contribution is 6.05. The topological polar surface area (TPSA) is 21.6 Å². The molecule has 2 aromatic carbocycles. The van der Waals surface area contributed by atoms with Gasteiger partial charge in [-0.3, -0.25) is 4.99 Å². The molecular formula is C19H18F3NO. The molecule has 1 aliphatic rings. The number of aliphatic imine (C=N–C) groups is 1. The third-order valence-corrected chi connectivity index (χ3v) is 4.29. The summed E-state index contributed by atoms with van der Waals surface area (Å²) in [4.78, 5) is 4.60. The number of hydrogen-bond donors (Lipinski definition) is 0. The number of rotatable bonds is 2. The highest BCUT2D eigenvalue weighted by Gasteiger charge is 2.30. The fraction of sp³-hybridized carbons (Fsp3) is 0.316. The Bertz CT molecular complexity index is 791. The smallest absolute Gasteiger partial charge is 0.416 e. The normalized spacial score (nSPS) is 17.2. The summed E-state index contributed by atoms with van der Waals surface area (Å²) < 4.78 is 43.7. The third kappa shape index (κ3) is 2.90. The fourth-order valence-electron chi connectivity index (χ4n) is 3.25. The molecule has 0 amide bonds. The molecule has 2 nitrogen and oxygen atoms in total. The molecule has 0 saturated carbocycles. The van der Waals surface area contributed by atoms with Crippen molar-refractivity contribution in [1.29, 1.82) is 0 Å². The zero-order valence-electron chi connectivity index (χ0n) is 13.7. The number of benzene rings is 2. The molecule has 1 atom stereocenters. The van der Waals surface area contributed by atoms with Gasteiger partial charge in [-0.2, -0.15) is 13.2 Å². The molecule has 5 heteroatoms. The van der Waals surface area contributed by atoms with Gasteiger partial charge in [0.05, 0.1) is 18.7 Å². The van der Waals surface area contributed by atoms with Crippen LogP contribution in [0.4, 0.5) is 13.2 Å². The predicted molar refractivity (Wildman–Crippen MR) is 88.8 cm³/mol. The second-order valence-corrected chi connectivity index (χ2v) is 6.01. The van der Waals surface area contributed by atoms with Crippen molar-refractivity contribution < 1.29 is 17.9 Å². The predicted octanol–water partition coefficient (Wildman–Crippen LogP) is 5.13. The monoisotopic (exact) mass is 333 g/mol. The molecule has 0 radical (unpaired) electrons. The van der Waals surface area contributed by atoms with Crippen LogP contribution in [0, 0.1) is 0 Å². The first-order valence-electron chi connectivity index (χ1n) is 7.73. The molecule has 3 rings (SSSR count). The first kappa shape index (κ1) is 16.6. The van der Waals surface area contributed by atoms with E-state index >= 15 is 0 Å². The van der Waals surface area contributed by atoms with Gasteiger partial charge in [0, 0.05) is 11.3 Å². The number of hydrogen-bond acceptors (Lipinski definition) is 2. The summed E-state index contributed by atoms with van der Waals surface area (Å²) in [6, 6.07) is 9.19. The Morgan fingerprint density at radius 3 is 2.33 bits per heavy atom. The minimum atomic E-state index is -4.32. The van der Waals surface area contributed by atoms with Crippen LogP contribution in [0.2, 0.25) is 0 Å². The van der Waals surface area contributed by atoms with Gasteiger partial charge in [-0.1, -0.05) is 18.2 Å². The molecule has 0 aliphatic carbocycles. The lowest BCUT2D eigenvalue weighted by atomic mass is 9.87. The lowest BCUT2D eigenvalue weighted by Crippen LogP contribution is -2.18. The van der Waals surface area contributed by atoms with Crippen molar-refractivity contribution in [2.45, 2.75) is 32.5 Å². The van der Waals surface area contributed by atoms with Crippen LogP contribution in [0.15, 0.2) is 41.4 Å². The third-order valence-electron chi connectivity index (χ3n) is 4.29. The molecule has 1 heterocycles. The summed E-state index contributed by atoms with van der Waals surface area (Å²) in [5.41, 5.74) is 3.99. The summed E-state index contributed by atoms with van der Waals surface area (Å²) in [5.74, 6) is 0.744. The first-order valence-corrected chi connectivity index (χ1v) is 7.73. The van der Waals surface area contributed by atoms with Crippen molar-refractivity contribution in [3.05, 3.63) is 53.1 Å². The first-order chi connectivity index (χ1) is 11.3. The molecule has 0 spiro atoms. The van der Waals surface area contributed by atoms with Crippen LogP contribution in [-0.2, 0) is 12.6 Å². The summed E-state index contributed by atoms with van der Waals surface area (Å²) in [6.45, 7) is 3.97. The molecule has 2 aromatic rings. The SMILES string of the molecule is COc1ccc(-c2ccc(C(F)(F)F)cc2)c2c1C(C)=N[C@H](C)C2. The zero-order valence-corrected chi connectivity index (χ0v) is 13.7. The average Bonchev–Trinajstić information content (AvgIpc) is 2.53. The van der Waals surface area contributed by atoms with Crippen molar-refractivity contribution in [2.75, 3.05) is 7.11 Å². The van der Waals surface area contributed by atoms with Crippen LogP contribution >= 0.6 is 0 Å². The van der Waals surface area contributed by atoms with E-state index in [9.17, 15) is 13.2 Å². The van der Waals surface area contributed by atoms with Gasteiger partial charge in [0.25, 0.3) is 0 Å². The number of methoxy groups -OCH3 is 1. The van der Waals surface area contributed by atoms with E-state index in [1.54, 1.807) is 7.11 Å². The lowest BCUT2D eigenvalue weighted by Gasteiger charge is -2.24. The Morgan fingerprint density at radius 1 is 1.08 bits per heavy atom. The molecule has 0 N–H and O–H groups in total. The van der Waals surface area contributed by atoms with Gasteiger partial charge >= 0.3 is 6.18 Å². The highest BCUT2D eigenvalue weighted by atomic mass is 19.4. The Morgan fingerprint density at radius 2 is 1.75 bits per heavy atom. The van der Waals surface area contributed by atoms with Crippen LogP contribution in [0.1, 0.15) is 30.5 Å². The Hall–Kier alpha value is -2.30. The van der Waals surface area contributed by atoms with Crippen LogP contribution < -0.4 is 4.74 Å². The standard InChI is InChI=1S/C19H18F3NO/c1-11-10-16-15(8-9-17(24-3)18(16)12(2)23-11)13-4-6-14(7-5-13)19(20,21)22/h4-9,11H,10H2,1-3H3/t11-/m1/s1. The van der Waals surface area contributed by atoms with Gasteiger partial charge in [0.2, 0.25) is 0 Å². The largest absolute Gasteiger partial charge is 0.496 e. The molecule has 0 bridgehead atoms. The molecule has 0 saturated heterocycles. The minimum absolute atomic E-state index is 0.137. The van der Waals surface area contributed by atoms with Gasteiger partial charge in [-0.05, 0) is 55.2 Å². The van der Waals surface area contributed by atoms with Gasteiger partial charge in [0.15, 0.2) is 0 Å². The highest BCUT2D eigenvalue weighted by Crippen LogP contribution is 2.37. The quantitative estimate of drug-likeness (QED) is 0.746. The summed E-state index contributed by atoms with van der Waals surface area (Å²) >= 11 is 0. The van der Waals surface area contributed by atoms with E-state index in [0.717, 1.165) is 52.3 Å². The van der Waals surface area contributed by atoms with E-state index < -0.39 is 11.7 Å². The van der Waals surface area contributed by atoms with Crippen molar-refractivity contribution >= 4 is 5.71 Å². The second kappa shape index (κ2) is 5.96. The van der Waals surface area contributed by atoms with Crippen molar-refractivity contribution in [2.24, 2.45) is 4.99 Å². The maximum absolute atomic E-state index is 12.8. The summed E-state index contributed by atoms with van der Waals surface area (Å²) in [5, 5.41) is 0. The van der Waals surface area contributed by atoms with E-state index in [0.29, 0.717) is 0 Å². The second-order valence-electron chi connectivity index (χ2n) is 6.01. The van der Waals surface area contributed by atoms with Crippen LogP contribution in [0.25, 0.3) is 11.1 Å². The average molecular weight is 333 g/mol. The maximum Gasteiger partial charge on any atom is 0.416 e. The maximum atomic E-state index is 12.8. The van der Waals surface area contributed by atoms with E-state index in [1.165, 1.54) is 12.1 Å². The Labute approximate surface area is 139 Å². The number of ether oxygens (including phenoxy) is 1. The summed E-state index contributed by atoms with van der Waals surface area (Å²) in [7, 11) is 1.61. The number of nitrogens with zero attached hydrogens (tertiary/aromatic N) is 1. The van der Waals surface area contributed by atoms with Gasteiger partial charge in [0.1, 0.15) is 5.75 Å². The molecule has 1 aliphatic heterocycles. The fourth-order valence-corrected chi connectivity index (χ4v) is 3.25. The van der Waals surface area contributed by atoms with E-state index in [-0.39, 0.29) is 6.04 Å². The number of halogens is 3. The van der Waals surface area contributed by atoms with Crippen LogP contribution in [0.5, 0.6) is 5.75 Å². The van der Waals surface area contributed by atoms with Crippen LogP contribution in [-0.4, -0.2) is 18.9 Å². The molecule has 0 aromatic heterocycles. The van der Waals surface area contributed by atoms with Gasteiger partial charge in [-0.25, -0.2) is 0 Å².